The molecule has 2 rings (SSSR count). The molecule has 72 valence electrons. The highest BCUT2D eigenvalue weighted by Gasteiger charge is 2.14. The second kappa shape index (κ2) is 5.20. The third-order valence-electron chi connectivity index (χ3n) is 2.36. The van der Waals surface area contributed by atoms with E-state index in [9.17, 15) is 0 Å². The molecule has 1 atom stereocenters. The molecule has 0 aromatic carbocycles. The van der Waals surface area contributed by atoms with Gasteiger partial charge in [-0.15, -0.1) is 12.4 Å². The fraction of sp³-hybridized carbons (Fsp3) is 0.500. The van der Waals surface area contributed by atoms with Gasteiger partial charge in [-0.25, -0.2) is 0 Å². The van der Waals surface area contributed by atoms with Crippen molar-refractivity contribution in [3.63, 3.8) is 0 Å². The summed E-state index contributed by atoms with van der Waals surface area (Å²) < 4.78 is 0. The first-order valence-corrected chi connectivity index (χ1v) is 4.61. The summed E-state index contributed by atoms with van der Waals surface area (Å²) in [5, 5.41) is 3.47. The Kier molecular flexibility index (Phi) is 4.19. The van der Waals surface area contributed by atoms with Crippen LogP contribution in [0.3, 0.4) is 0 Å². The Morgan fingerprint density at radius 3 is 2.85 bits per heavy atom. The number of hydrogen-bond acceptors (Lipinski definition) is 2. The minimum atomic E-state index is 0. The number of nitrogens with zero attached hydrogens (tertiary/aromatic N) is 1. The van der Waals surface area contributed by atoms with E-state index in [2.05, 4.69) is 22.4 Å². The molecule has 13 heavy (non-hydrogen) atoms. The van der Waals surface area contributed by atoms with E-state index in [1.54, 1.807) is 0 Å². The van der Waals surface area contributed by atoms with Crippen LogP contribution in [0.2, 0.25) is 0 Å². The number of hydrogen-bond donors (Lipinski definition) is 1. The van der Waals surface area contributed by atoms with E-state index < -0.39 is 0 Å². The summed E-state index contributed by atoms with van der Waals surface area (Å²) in [7, 11) is 0. The predicted octanol–water partition coefficient (Wildman–Crippen LogP) is 2.32. The summed E-state index contributed by atoms with van der Waals surface area (Å²) in [6.07, 6.45) is 5.74. The molecular formula is C10H15ClN2. The van der Waals surface area contributed by atoms with Crippen molar-refractivity contribution in [3.8, 4) is 0 Å². The van der Waals surface area contributed by atoms with E-state index in [1.807, 2.05) is 12.3 Å². The van der Waals surface area contributed by atoms with Crippen LogP contribution in [-0.2, 0) is 0 Å². The first-order chi connectivity index (χ1) is 5.97. The number of aromatic nitrogens is 1. The minimum Gasteiger partial charge on any atom is -0.309 e. The average Bonchev–Trinajstić information content (AvgIpc) is 2.21. The van der Waals surface area contributed by atoms with Gasteiger partial charge in [-0.1, -0.05) is 12.5 Å². The molecule has 0 aliphatic carbocycles. The largest absolute Gasteiger partial charge is 0.309 e. The zero-order valence-electron chi connectivity index (χ0n) is 7.57. The van der Waals surface area contributed by atoms with E-state index in [0.717, 1.165) is 6.54 Å². The van der Waals surface area contributed by atoms with Gasteiger partial charge in [0.25, 0.3) is 0 Å². The topological polar surface area (TPSA) is 24.9 Å². The molecule has 1 aliphatic rings. The first kappa shape index (κ1) is 10.5. The monoisotopic (exact) mass is 198 g/mol. The van der Waals surface area contributed by atoms with Gasteiger partial charge in [0.2, 0.25) is 0 Å². The number of halogens is 1. The Labute approximate surface area is 85.2 Å². The molecule has 0 radical (unpaired) electrons. The molecule has 1 saturated heterocycles. The van der Waals surface area contributed by atoms with Crippen molar-refractivity contribution in [1.29, 1.82) is 0 Å². The smallest absolute Gasteiger partial charge is 0.0573 e. The molecule has 1 N–H and O–H groups in total. The summed E-state index contributed by atoms with van der Waals surface area (Å²) >= 11 is 0. The van der Waals surface area contributed by atoms with Gasteiger partial charge < -0.3 is 5.32 Å². The highest BCUT2D eigenvalue weighted by Crippen LogP contribution is 2.20. The molecule has 1 aliphatic heterocycles. The molecule has 2 nitrogen and oxygen atoms in total. The Hall–Kier alpha value is -0.600. The van der Waals surface area contributed by atoms with Gasteiger partial charge in [-0.2, -0.15) is 0 Å². The molecule has 2 heterocycles. The van der Waals surface area contributed by atoms with Crippen molar-refractivity contribution in [2.75, 3.05) is 6.54 Å². The zero-order chi connectivity index (χ0) is 8.23. The molecule has 1 aromatic rings. The van der Waals surface area contributed by atoms with Crippen LogP contribution in [0.1, 0.15) is 31.0 Å². The highest BCUT2D eigenvalue weighted by atomic mass is 35.5. The molecule has 0 bridgehead atoms. The first-order valence-electron chi connectivity index (χ1n) is 4.61. The van der Waals surface area contributed by atoms with Gasteiger partial charge >= 0.3 is 0 Å². The second-order valence-corrected chi connectivity index (χ2v) is 3.26. The number of pyridine rings is 1. The fourth-order valence-corrected chi connectivity index (χ4v) is 1.69. The molecule has 3 heteroatoms. The number of nitrogens with one attached hydrogen (secondary N) is 1. The average molecular weight is 199 g/mol. The van der Waals surface area contributed by atoms with E-state index in [-0.39, 0.29) is 12.4 Å². The van der Waals surface area contributed by atoms with Gasteiger partial charge in [-0.05, 0) is 31.5 Å². The quantitative estimate of drug-likeness (QED) is 0.749. The standard InChI is InChI=1S/C10H14N2.ClH/c1-3-7-11-9(5-1)10-6-2-4-8-12-10;/h1,3,5,7,10,12H,2,4,6,8H2;1H/t10-;/m1./s1. The molecular weight excluding hydrogens is 184 g/mol. The third kappa shape index (κ3) is 2.68. The predicted molar refractivity (Wildman–Crippen MR) is 56.1 cm³/mol. The maximum atomic E-state index is 4.34. The molecule has 0 saturated carbocycles. The van der Waals surface area contributed by atoms with E-state index in [0.29, 0.717) is 6.04 Å². The van der Waals surface area contributed by atoms with Crippen molar-refractivity contribution >= 4 is 12.4 Å². The second-order valence-electron chi connectivity index (χ2n) is 3.26. The van der Waals surface area contributed by atoms with Crippen molar-refractivity contribution in [2.24, 2.45) is 0 Å². The molecule has 0 unspecified atom stereocenters. The summed E-state index contributed by atoms with van der Waals surface area (Å²) in [6.45, 7) is 1.14. The zero-order valence-corrected chi connectivity index (χ0v) is 8.39. The molecule has 0 spiro atoms. The Balaban J connectivity index is 0.000000845. The SMILES string of the molecule is Cl.c1ccc([C@H]2CCCCN2)nc1. The third-order valence-corrected chi connectivity index (χ3v) is 2.36. The van der Waals surface area contributed by atoms with Gasteiger partial charge in [0.15, 0.2) is 0 Å². The Morgan fingerprint density at radius 1 is 1.31 bits per heavy atom. The van der Waals surface area contributed by atoms with Crippen LogP contribution in [0.25, 0.3) is 0 Å². The van der Waals surface area contributed by atoms with Crippen molar-refractivity contribution in [1.82, 2.24) is 10.3 Å². The molecule has 1 fully saturated rings. The van der Waals surface area contributed by atoms with Crippen LogP contribution in [0.15, 0.2) is 24.4 Å². The lowest BCUT2D eigenvalue weighted by Gasteiger charge is -2.22. The summed E-state index contributed by atoms with van der Waals surface area (Å²) in [6, 6.07) is 6.62. The fourth-order valence-electron chi connectivity index (χ4n) is 1.69. The van der Waals surface area contributed by atoms with Crippen LogP contribution < -0.4 is 5.32 Å². The van der Waals surface area contributed by atoms with Crippen LogP contribution in [0.5, 0.6) is 0 Å². The van der Waals surface area contributed by atoms with Crippen molar-refractivity contribution in [2.45, 2.75) is 25.3 Å². The minimum absolute atomic E-state index is 0. The van der Waals surface area contributed by atoms with Crippen molar-refractivity contribution < 1.29 is 0 Å². The van der Waals surface area contributed by atoms with Crippen LogP contribution in [0, 0.1) is 0 Å². The summed E-state index contributed by atoms with van der Waals surface area (Å²) in [4.78, 5) is 4.34. The Morgan fingerprint density at radius 2 is 2.23 bits per heavy atom. The maximum absolute atomic E-state index is 4.34. The lowest BCUT2D eigenvalue weighted by atomic mass is 10.0. The van der Waals surface area contributed by atoms with Crippen LogP contribution in [-0.4, -0.2) is 11.5 Å². The van der Waals surface area contributed by atoms with Gasteiger partial charge in [0.1, 0.15) is 0 Å². The maximum Gasteiger partial charge on any atom is 0.0573 e. The normalized spacial score (nSPS) is 22.0. The highest BCUT2D eigenvalue weighted by molar-refractivity contribution is 5.85. The van der Waals surface area contributed by atoms with E-state index in [4.69, 9.17) is 0 Å². The summed E-state index contributed by atoms with van der Waals surface area (Å²) in [5.41, 5.74) is 1.19. The number of piperidine rings is 1. The lowest BCUT2D eigenvalue weighted by Crippen LogP contribution is -2.27. The van der Waals surface area contributed by atoms with Crippen LogP contribution >= 0.6 is 12.4 Å². The lowest BCUT2D eigenvalue weighted by molar-refractivity contribution is 0.405. The summed E-state index contributed by atoms with van der Waals surface area (Å²) in [5.74, 6) is 0. The van der Waals surface area contributed by atoms with Crippen molar-refractivity contribution in [3.05, 3.63) is 30.1 Å². The molecule has 1 aromatic heterocycles. The van der Waals surface area contributed by atoms with E-state index >= 15 is 0 Å². The van der Waals surface area contributed by atoms with Gasteiger partial charge in [0, 0.05) is 12.2 Å². The van der Waals surface area contributed by atoms with E-state index in [1.165, 1.54) is 25.0 Å². The van der Waals surface area contributed by atoms with Gasteiger partial charge in [-0.3, -0.25) is 4.98 Å². The molecule has 0 amide bonds. The van der Waals surface area contributed by atoms with Gasteiger partial charge in [0.05, 0.1) is 5.69 Å². The Bertz CT molecular complexity index is 232. The van der Waals surface area contributed by atoms with Crippen LogP contribution in [0.4, 0.5) is 0 Å². The number of rotatable bonds is 1.